The Kier molecular flexibility index (Phi) is 6.03. The molecule has 1 aliphatic heterocycles. The van der Waals surface area contributed by atoms with Crippen molar-refractivity contribution in [2.24, 2.45) is 0 Å². The molecule has 0 N–H and O–H groups in total. The molecule has 0 unspecified atom stereocenters. The van der Waals surface area contributed by atoms with E-state index in [2.05, 4.69) is 5.10 Å². The van der Waals surface area contributed by atoms with Gasteiger partial charge in [-0.3, -0.25) is 4.79 Å². The van der Waals surface area contributed by atoms with Crippen molar-refractivity contribution in [3.05, 3.63) is 71.0 Å². The molecule has 32 heavy (non-hydrogen) atoms. The highest BCUT2D eigenvalue weighted by Gasteiger charge is 2.34. The summed E-state index contributed by atoms with van der Waals surface area (Å²) in [6.07, 6.45) is 0.649. The summed E-state index contributed by atoms with van der Waals surface area (Å²) in [6, 6.07) is 14.7. The van der Waals surface area contributed by atoms with Crippen LogP contribution in [0.2, 0.25) is 0 Å². The van der Waals surface area contributed by atoms with Gasteiger partial charge in [0.2, 0.25) is 10.0 Å². The fourth-order valence-electron chi connectivity index (χ4n) is 3.93. The summed E-state index contributed by atoms with van der Waals surface area (Å²) in [7, 11) is -2.24. The normalized spacial score (nSPS) is 14.1. The average Bonchev–Trinajstić information content (AvgIpc) is 3.12. The Morgan fingerprint density at radius 1 is 1.03 bits per heavy atom. The fraction of sp³-hybridized carbons (Fsp3) is 0.304. The average molecular weight is 456 g/mol. The number of nitrogens with zero attached hydrogens (tertiary/aromatic N) is 3. The van der Waals surface area contributed by atoms with Gasteiger partial charge in [-0.2, -0.15) is 9.40 Å². The van der Waals surface area contributed by atoms with E-state index in [0.717, 1.165) is 15.8 Å². The lowest BCUT2D eigenvalue weighted by molar-refractivity contribution is 0.0818. The maximum atomic E-state index is 13.4. The second-order valence-electron chi connectivity index (χ2n) is 7.63. The van der Waals surface area contributed by atoms with Crippen LogP contribution < -0.4 is 9.47 Å². The molecule has 8 nitrogen and oxygen atoms in total. The molecule has 1 aromatic heterocycles. The van der Waals surface area contributed by atoms with Gasteiger partial charge in [0.1, 0.15) is 16.4 Å². The first-order valence-electron chi connectivity index (χ1n) is 10.2. The van der Waals surface area contributed by atoms with Gasteiger partial charge >= 0.3 is 0 Å². The molecule has 0 fully saturated rings. The zero-order valence-corrected chi connectivity index (χ0v) is 19.1. The Morgan fingerprint density at radius 3 is 2.38 bits per heavy atom. The third-order valence-corrected chi connectivity index (χ3v) is 7.67. The van der Waals surface area contributed by atoms with Crippen LogP contribution in [0.1, 0.15) is 27.3 Å². The quantitative estimate of drug-likeness (QED) is 0.568. The van der Waals surface area contributed by atoms with Gasteiger partial charge < -0.3 is 9.47 Å². The highest BCUT2D eigenvalue weighted by Crippen LogP contribution is 2.28. The van der Waals surface area contributed by atoms with Gasteiger partial charge in [-0.1, -0.05) is 24.3 Å². The minimum Gasteiger partial charge on any atom is -0.497 e. The number of fused-ring (bicyclic) bond motifs is 1. The van der Waals surface area contributed by atoms with E-state index in [0.29, 0.717) is 36.7 Å². The summed E-state index contributed by atoms with van der Waals surface area (Å²) >= 11 is 0. The molecule has 2 heterocycles. The van der Waals surface area contributed by atoms with Gasteiger partial charge in [0.25, 0.3) is 5.91 Å². The van der Waals surface area contributed by atoms with Crippen LogP contribution >= 0.6 is 0 Å². The van der Waals surface area contributed by atoms with Gasteiger partial charge in [0, 0.05) is 13.1 Å². The molecule has 0 radical (unpaired) electrons. The lowest BCUT2D eigenvalue weighted by atomic mass is 10.0. The molecule has 0 saturated carbocycles. The second-order valence-corrected chi connectivity index (χ2v) is 9.50. The predicted octanol–water partition coefficient (Wildman–Crippen LogP) is 2.97. The van der Waals surface area contributed by atoms with Crippen LogP contribution in [0.5, 0.6) is 11.5 Å². The third-order valence-electron chi connectivity index (χ3n) is 5.58. The van der Waals surface area contributed by atoms with Gasteiger partial charge in [0.15, 0.2) is 6.61 Å². The Balaban J connectivity index is 1.53. The number of carbonyl (C=O) groups excluding carboxylic acids is 1. The largest absolute Gasteiger partial charge is 0.497 e. The molecule has 0 bridgehead atoms. The Morgan fingerprint density at radius 2 is 1.69 bits per heavy atom. The summed E-state index contributed by atoms with van der Waals surface area (Å²) < 4.78 is 40.1. The van der Waals surface area contributed by atoms with Crippen molar-refractivity contribution in [1.29, 1.82) is 0 Å². The van der Waals surface area contributed by atoms with Crippen molar-refractivity contribution in [2.75, 3.05) is 20.3 Å². The maximum absolute atomic E-state index is 13.4. The van der Waals surface area contributed by atoms with E-state index in [1.807, 2.05) is 24.3 Å². The van der Waals surface area contributed by atoms with Gasteiger partial charge in [-0.05, 0) is 55.7 Å². The van der Waals surface area contributed by atoms with Crippen LogP contribution in [-0.2, 0) is 23.0 Å². The topological polar surface area (TPSA) is 90.7 Å². The smallest absolute Gasteiger partial charge is 0.285 e. The van der Waals surface area contributed by atoms with E-state index in [-0.39, 0.29) is 17.2 Å². The van der Waals surface area contributed by atoms with E-state index in [4.69, 9.17) is 9.47 Å². The van der Waals surface area contributed by atoms with E-state index >= 15 is 0 Å². The molecule has 0 atom stereocenters. The van der Waals surface area contributed by atoms with Crippen molar-refractivity contribution in [2.45, 2.75) is 31.7 Å². The SMILES string of the molecule is COc1ccc(OCC(=O)n2nc(C)c(S(=O)(=O)N3CCc4ccccc4C3)c2C)cc1. The minimum absolute atomic E-state index is 0.0784. The molecule has 0 amide bonds. The Labute approximate surface area is 187 Å². The first kappa shape index (κ1) is 22.0. The minimum atomic E-state index is -3.81. The number of hydrogen-bond donors (Lipinski definition) is 0. The molecule has 168 valence electrons. The van der Waals surface area contributed by atoms with Gasteiger partial charge in [0.05, 0.1) is 18.5 Å². The summed E-state index contributed by atoms with van der Waals surface area (Å²) in [5.74, 6) is 0.727. The molecule has 0 spiro atoms. The molecule has 0 saturated heterocycles. The van der Waals surface area contributed by atoms with Crippen LogP contribution in [0, 0.1) is 13.8 Å². The summed E-state index contributed by atoms with van der Waals surface area (Å²) in [6.45, 7) is 3.61. The number of sulfonamides is 1. The predicted molar refractivity (Wildman–Crippen MR) is 119 cm³/mol. The van der Waals surface area contributed by atoms with Crippen molar-refractivity contribution in [3.8, 4) is 11.5 Å². The molecular formula is C23H25N3O5S. The molecule has 3 aromatic rings. The number of ether oxygens (including phenoxy) is 2. The van der Waals surface area contributed by atoms with E-state index in [1.54, 1.807) is 45.2 Å². The summed E-state index contributed by atoms with van der Waals surface area (Å²) in [5.41, 5.74) is 2.73. The third kappa shape index (κ3) is 4.13. The molecule has 1 aliphatic rings. The maximum Gasteiger partial charge on any atom is 0.285 e. The Hall–Kier alpha value is -3.17. The van der Waals surface area contributed by atoms with E-state index in [9.17, 15) is 13.2 Å². The number of aromatic nitrogens is 2. The Bertz CT molecular complexity index is 1250. The van der Waals surface area contributed by atoms with Crippen LogP contribution in [0.3, 0.4) is 0 Å². The van der Waals surface area contributed by atoms with Crippen molar-refractivity contribution < 1.29 is 22.7 Å². The van der Waals surface area contributed by atoms with Gasteiger partial charge in [-0.15, -0.1) is 0 Å². The number of rotatable bonds is 6. The number of methoxy groups -OCH3 is 1. The lowest BCUT2D eigenvalue weighted by Crippen LogP contribution is -2.36. The monoisotopic (exact) mass is 455 g/mol. The van der Waals surface area contributed by atoms with Crippen molar-refractivity contribution in [3.63, 3.8) is 0 Å². The number of carbonyl (C=O) groups is 1. The van der Waals surface area contributed by atoms with Crippen LogP contribution in [0.25, 0.3) is 0 Å². The molecule has 4 rings (SSSR count). The number of benzene rings is 2. The zero-order chi connectivity index (χ0) is 22.9. The second kappa shape index (κ2) is 8.76. The van der Waals surface area contributed by atoms with Crippen molar-refractivity contribution in [1.82, 2.24) is 14.1 Å². The first-order valence-corrected chi connectivity index (χ1v) is 11.7. The number of aryl methyl sites for hydroxylation is 1. The summed E-state index contributed by atoms with van der Waals surface area (Å²) in [4.78, 5) is 12.8. The molecule has 9 heteroatoms. The molecule has 0 aliphatic carbocycles. The first-order chi connectivity index (χ1) is 15.3. The standard InChI is InChI=1S/C23H25N3O5S/c1-16-23(32(28,29)25-13-12-18-6-4-5-7-19(18)14-25)17(2)26(24-16)22(27)15-31-21-10-8-20(30-3)9-11-21/h4-11H,12-15H2,1-3H3. The molecule has 2 aromatic carbocycles. The van der Waals surface area contributed by atoms with Gasteiger partial charge in [-0.25, -0.2) is 13.1 Å². The highest BCUT2D eigenvalue weighted by atomic mass is 32.2. The molecular weight excluding hydrogens is 430 g/mol. The van der Waals surface area contributed by atoms with Crippen LogP contribution in [0.4, 0.5) is 0 Å². The van der Waals surface area contributed by atoms with E-state index in [1.165, 1.54) is 4.31 Å². The van der Waals surface area contributed by atoms with Crippen LogP contribution in [-0.4, -0.2) is 48.7 Å². The fourth-order valence-corrected chi connectivity index (χ4v) is 5.70. The van der Waals surface area contributed by atoms with Crippen LogP contribution in [0.15, 0.2) is 53.4 Å². The number of hydrogen-bond acceptors (Lipinski definition) is 6. The summed E-state index contributed by atoms with van der Waals surface area (Å²) in [5, 5.41) is 4.22. The van der Waals surface area contributed by atoms with E-state index < -0.39 is 15.9 Å². The van der Waals surface area contributed by atoms with Crippen molar-refractivity contribution >= 4 is 15.9 Å². The zero-order valence-electron chi connectivity index (χ0n) is 18.2. The highest BCUT2D eigenvalue weighted by molar-refractivity contribution is 7.89. The lowest BCUT2D eigenvalue weighted by Gasteiger charge is -2.28.